The minimum Gasteiger partial charge on any atom is -0.338 e. The Morgan fingerprint density at radius 2 is 1.44 bits per heavy atom. The van der Waals surface area contributed by atoms with Gasteiger partial charge in [-0.15, -0.1) is 0 Å². The molecular weight excluding hydrogens is 338 g/mol. The van der Waals surface area contributed by atoms with Crippen molar-refractivity contribution < 1.29 is 9.59 Å². The molecular formula is C22H29N3O2. The average Bonchev–Trinajstić information content (AvgIpc) is 2.63. The van der Waals surface area contributed by atoms with Crippen molar-refractivity contribution in [3.05, 3.63) is 71.8 Å². The number of rotatable bonds is 8. The molecule has 0 radical (unpaired) electrons. The van der Waals surface area contributed by atoms with E-state index in [0.29, 0.717) is 12.5 Å². The molecule has 2 N–H and O–H groups in total. The number of likely N-dealkylation sites (N-methyl/N-ethyl adjacent to an activating group) is 1. The lowest BCUT2D eigenvalue weighted by Crippen LogP contribution is -2.44. The van der Waals surface area contributed by atoms with E-state index in [1.54, 1.807) is 0 Å². The number of urea groups is 1. The van der Waals surface area contributed by atoms with Crippen molar-refractivity contribution in [3.63, 3.8) is 0 Å². The molecule has 0 aliphatic carbocycles. The van der Waals surface area contributed by atoms with Crippen LogP contribution < -0.4 is 10.6 Å². The van der Waals surface area contributed by atoms with Crippen LogP contribution >= 0.6 is 0 Å². The van der Waals surface area contributed by atoms with Crippen LogP contribution in [0.1, 0.15) is 37.4 Å². The summed E-state index contributed by atoms with van der Waals surface area (Å²) >= 11 is 0. The van der Waals surface area contributed by atoms with Gasteiger partial charge in [0.1, 0.15) is 0 Å². The van der Waals surface area contributed by atoms with Gasteiger partial charge in [-0.05, 0) is 30.5 Å². The fraction of sp³-hybridized carbons (Fsp3) is 0.364. The maximum atomic E-state index is 12.3. The van der Waals surface area contributed by atoms with Crippen molar-refractivity contribution >= 4 is 11.9 Å². The molecule has 0 unspecified atom stereocenters. The third-order valence-corrected chi connectivity index (χ3v) is 4.32. The molecule has 0 aromatic heterocycles. The van der Waals surface area contributed by atoms with E-state index in [4.69, 9.17) is 0 Å². The van der Waals surface area contributed by atoms with Crippen LogP contribution in [0.5, 0.6) is 0 Å². The summed E-state index contributed by atoms with van der Waals surface area (Å²) in [6, 6.07) is 19.6. The van der Waals surface area contributed by atoms with Crippen molar-refractivity contribution in [1.82, 2.24) is 15.5 Å². The summed E-state index contributed by atoms with van der Waals surface area (Å²) in [4.78, 5) is 26.1. The number of imide groups is 1. The average molecular weight is 367 g/mol. The van der Waals surface area contributed by atoms with Gasteiger partial charge in [0.15, 0.2) is 0 Å². The molecule has 27 heavy (non-hydrogen) atoms. The van der Waals surface area contributed by atoms with Crippen LogP contribution in [0.15, 0.2) is 60.7 Å². The number of nitrogens with one attached hydrogen (secondary N) is 2. The summed E-state index contributed by atoms with van der Waals surface area (Å²) in [5.74, 6) is 0.182. The predicted molar refractivity (Wildman–Crippen MR) is 108 cm³/mol. The topological polar surface area (TPSA) is 61.4 Å². The first-order valence-electron chi connectivity index (χ1n) is 9.35. The van der Waals surface area contributed by atoms with Crippen LogP contribution in [0, 0.1) is 5.92 Å². The normalized spacial score (nSPS) is 11.0. The molecule has 2 aromatic rings. The first-order valence-corrected chi connectivity index (χ1v) is 9.35. The molecule has 0 saturated carbocycles. The molecule has 144 valence electrons. The molecule has 0 spiro atoms. The summed E-state index contributed by atoms with van der Waals surface area (Å²) in [6.07, 6.45) is 0.881. The highest BCUT2D eigenvalue weighted by Crippen LogP contribution is 2.27. The quantitative estimate of drug-likeness (QED) is 0.750. The molecule has 0 aliphatic heterocycles. The van der Waals surface area contributed by atoms with Crippen LogP contribution in [0.2, 0.25) is 0 Å². The van der Waals surface area contributed by atoms with Crippen LogP contribution in [0.3, 0.4) is 0 Å². The Balaban J connectivity index is 2.00. The smallest absolute Gasteiger partial charge is 0.321 e. The molecule has 0 saturated heterocycles. The standard InChI is InChI=1S/C22H29N3O2/c1-17(2)14-15-23-22(27)24-20(26)16-25(3)21(18-10-6-4-7-11-18)19-12-8-5-9-13-19/h4-13,17,21H,14-16H2,1-3H3,(H2,23,24,26,27). The van der Waals surface area contributed by atoms with E-state index in [2.05, 4.69) is 24.5 Å². The Morgan fingerprint density at radius 3 is 1.93 bits per heavy atom. The van der Waals surface area contributed by atoms with Gasteiger partial charge in [-0.2, -0.15) is 0 Å². The highest BCUT2D eigenvalue weighted by atomic mass is 16.2. The van der Waals surface area contributed by atoms with Gasteiger partial charge in [0.2, 0.25) is 5.91 Å². The van der Waals surface area contributed by atoms with Gasteiger partial charge in [0.05, 0.1) is 12.6 Å². The molecule has 0 fully saturated rings. The lowest BCUT2D eigenvalue weighted by atomic mass is 9.97. The fourth-order valence-corrected chi connectivity index (χ4v) is 2.97. The first-order chi connectivity index (χ1) is 13.0. The SMILES string of the molecule is CC(C)CCNC(=O)NC(=O)CN(C)C(c1ccccc1)c1ccccc1. The van der Waals surface area contributed by atoms with Gasteiger partial charge in [-0.1, -0.05) is 74.5 Å². The predicted octanol–water partition coefficient (Wildman–Crippen LogP) is 3.58. The minimum atomic E-state index is -0.440. The number of hydrogen-bond donors (Lipinski definition) is 2. The largest absolute Gasteiger partial charge is 0.338 e. The second-order valence-corrected chi connectivity index (χ2v) is 7.13. The lowest BCUT2D eigenvalue weighted by molar-refractivity contribution is -0.121. The highest BCUT2D eigenvalue weighted by molar-refractivity contribution is 5.95. The number of carbonyl (C=O) groups is 2. The number of carbonyl (C=O) groups excluding carboxylic acids is 2. The second kappa shape index (κ2) is 10.5. The zero-order valence-corrected chi connectivity index (χ0v) is 16.3. The number of benzene rings is 2. The summed E-state index contributed by atoms with van der Waals surface area (Å²) in [7, 11) is 1.89. The molecule has 0 bridgehead atoms. The van der Waals surface area contributed by atoms with Gasteiger partial charge >= 0.3 is 6.03 Å². The Labute approximate surface area is 161 Å². The van der Waals surface area contributed by atoms with E-state index < -0.39 is 6.03 Å². The molecule has 2 aromatic carbocycles. The number of amides is 3. The maximum Gasteiger partial charge on any atom is 0.321 e. The summed E-state index contributed by atoms with van der Waals surface area (Å²) in [6.45, 7) is 4.86. The zero-order valence-electron chi connectivity index (χ0n) is 16.3. The Kier molecular flexibility index (Phi) is 8.01. The summed E-state index contributed by atoms with van der Waals surface area (Å²) in [5, 5.41) is 5.13. The van der Waals surface area contributed by atoms with Gasteiger partial charge in [-0.25, -0.2) is 4.79 Å². The van der Waals surface area contributed by atoms with Crippen LogP contribution in [-0.4, -0.2) is 37.0 Å². The molecule has 3 amide bonds. The second-order valence-electron chi connectivity index (χ2n) is 7.13. The van der Waals surface area contributed by atoms with E-state index in [1.165, 1.54) is 0 Å². The molecule has 0 atom stereocenters. The Morgan fingerprint density at radius 1 is 0.926 bits per heavy atom. The lowest BCUT2D eigenvalue weighted by Gasteiger charge is -2.28. The van der Waals surface area contributed by atoms with Gasteiger partial charge in [-0.3, -0.25) is 15.0 Å². The molecule has 2 rings (SSSR count). The molecule has 5 nitrogen and oxygen atoms in total. The molecule has 0 heterocycles. The highest BCUT2D eigenvalue weighted by Gasteiger charge is 2.21. The van der Waals surface area contributed by atoms with Crippen molar-refractivity contribution in [2.45, 2.75) is 26.3 Å². The fourth-order valence-electron chi connectivity index (χ4n) is 2.97. The van der Waals surface area contributed by atoms with Crippen molar-refractivity contribution in [3.8, 4) is 0 Å². The number of nitrogens with zero attached hydrogens (tertiary/aromatic N) is 1. The summed E-state index contributed by atoms with van der Waals surface area (Å²) < 4.78 is 0. The van der Waals surface area contributed by atoms with E-state index >= 15 is 0 Å². The first kappa shape index (κ1) is 20.6. The van der Waals surface area contributed by atoms with Crippen LogP contribution in [-0.2, 0) is 4.79 Å². The Bertz CT molecular complexity index is 677. The van der Waals surface area contributed by atoms with Gasteiger partial charge < -0.3 is 5.32 Å². The third kappa shape index (κ3) is 6.87. The van der Waals surface area contributed by atoms with E-state index in [0.717, 1.165) is 17.5 Å². The minimum absolute atomic E-state index is 0.0675. The monoisotopic (exact) mass is 367 g/mol. The van der Waals surface area contributed by atoms with E-state index in [9.17, 15) is 9.59 Å². The maximum absolute atomic E-state index is 12.3. The van der Waals surface area contributed by atoms with Crippen molar-refractivity contribution in [1.29, 1.82) is 0 Å². The Hall–Kier alpha value is -2.66. The van der Waals surface area contributed by atoms with Gasteiger partial charge in [0, 0.05) is 6.54 Å². The van der Waals surface area contributed by atoms with Gasteiger partial charge in [0.25, 0.3) is 0 Å². The van der Waals surface area contributed by atoms with Crippen LogP contribution in [0.4, 0.5) is 4.79 Å². The van der Waals surface area contributed by atoms with Crippen molar-refractivity contribution in [2.75, 3.05) is 20.1 Å². The van der Waals surface area contributed by atoms with Crippen LogP contribution in [0.25, 0.3) is 0 Å². The number of hydrogen-bond acceptors (Lipinski definition) is 3. The molecule has 0 aliphatic rings. The summed E-state index contributed by atoms with van der Waals surface area (Å²) in [5.41, 5.74) is 2.20. The van der Waals surface area contributed by atoms with E-state index in [-0.39, 0.29) is 18.5 Å². The third-order valence-electron chi connectivity index (χ3n) is 4.32. The van der Waals surface area contributed by atoms with E-state index in [1.807, 2.05) is 72.6 Å². The zero-order chi connectivity index (χ0) is 19.6. The molecule has 5 heteroatoms. The van der Waals surface area contributed by atoms with Crippen molar-refractivity contribution in [2.24, 2.45) is 5.92 Å².